The molecule has 2 fully saturated rings. The van der Waals surface area contributed by atoms with Gasteiger partial charge in [-0.25, -0.2) is 4.79 Å². The molecular weight excluding hydrogens is 787 g/mol. The van der Waals surface area contributed by atoms with E-state index in [1.807, 2.05) is 62.4 Å². The van der Waals surface area contributed by atoms with E-state index in [1.54, 1.807) is 27.8 Å². The summed E-state index contributed by atoms with van der Waals surface area (Å²) in [5, 5.41) is 15.1. The molecule has 8 N–H and O–H groups in total. The van der Waals surface area contributed by atoms with Gasteiger partial charge in [0.15, 0.2) is 0 Å². The van der Waals surface area contributed by atoms with Gasteiger partial charge in [-0.1, -0.05) is 81.4 Å². The molecule has 2 aromatic rings. The Kier molecular flexibility index (Phi) is 16.3. The van der Waals surface area contributed by atoms with E-state index in [9.17, 15) is 24.0 Å². The lowest BCUT2D eigenvalue weighted by Gasteiger charge is -2.35. The average molecular weight is 845 g/mol. The number of amides is 6. The summed E-state index contributed by atoms with van der Waals surface area (Å²) in [6.45, 7) is 8.03. The number of urea groups is 1. The lowest BCUT2D eigenvalue weighted by molar-refractivity contribution is -0.140. The molecule has 1 unspecified atom stereocenters. The van der Waals surface area contributed by atoms with E-state index in [4.69, 9.17) is 5.73 Å². The number of nitrogens with two attached hydrogens (primary N) is 1. The molecule has 1 heterocycles. The van der Waals surface area contributed by atoms with Gasteiger partial charge in [0, 0.05) is 32.1 Å². The minimum atomic E-state index is -1.08. The van der Waals surface area contributed by atoms with Crippen molar-refractivity contribution in [2.75, 3.05) is 32.7 Å². The van der Waals surface area contributed by atoms with E-state index < -0.39 is 29.4 Å². The van der Waals surface area contributed by atoms with Crippen molar-refractivity contribution in [3.05, 3.63) is 71.8 Å². The number of carbonyl (C=O) groups is 5. The molecule has 0 radical (unpaired) electrons. The summed E-state index contributed by atoms with van der Waals surface area (Å²) >= 11 is 1.78. The first-order chi connectivity index (χ1) is 25.4. The van der Waals surface area contributed by atoms with Crippen LogP contribution in [0.3, 0.4) is 0 Å². The molecule has 1 aliphatic heterocycles. The Labute approximate surface area is 327 Å². The molecule has 0 bridgehead atoms. The molecule has 6 amide bonds. The fraction of sp³-hybridized carbons (Fsp3) is 0.564. The summed E-state index contributed by atoms with van der Waals surface area (Å²) in [5.74, 6) is -1.19. The number of likely N-dealkylation sites (tertiary alicyclic amines) is 1. The van der Waals surface area contributed by atoms with Gasteiger partial charge in [-0.2, -0.15) is 0 Å². The Bertz CT molecular complexity index is 1510. The van der Waals surface area contributed by atoms with Crippen LogP contribution in [-0.2, 0) is 25.6 Å². The first kappa shape index (κ1) is 42.0. The number of hydrogen-bond donors (Lipinski definition) is 7. The van der Waals surface area contributed by atoms with Crippen LogP contribution in [0.2, 0.25) is 0 Å². The number of carbonyl (C=O) groups excluding carboxylic acids is 5. The Hall–Kier alpha value is -3.76. The smallest absolute Gasteiger partial charge is 0.323 e. The van der Waals surface area contributed by atoms with E-state index in [-0.39, 0.29) is 54.6 Å². The van der Waals surface area contributed by atoms with Gasteiger partial charge in [0.05, 0.1) is 29.4 Å². The SMILES string of the molecule is CC(C)C[C@@H](NC(=O)[C@@H](Cc1ccccc1)NC(=O)CNC[C@H](C)c1ccccc1)C(=O)NC1(C(=O)N2CCC(NC(=O)NI)CC2)C[C@@H]1CCCN. The molecule has 0 spiro atoms. The Morgan fingerprint density at radius 1 is 0.906 bits per heavy atom. The van der Waals surface area contributed by atoms with Crippen LogP contribution in [0.4, 0.5) is 4.79 Å². The first-order valence-electron chi connectivity index (χ1n) is 18.8. The lowest BCUT2D eigenvalue weighted by atomic mass is 9.99. The molecule has 13 nitrogen and oxygen atoms in total. The van der Waals surface area contributed by atoms with E-state index in [0.29, 0.717) is 58.3 Å². The van der Waals surface area contributed by atoms with Crippen LogP contribution in [0.5, 0.6) is 0 Å². The topological polar surface area (TPSA) is 187 Å². The summed E-state index contributed by atoms with van der Waals surface area (Å²) in [5.41, 5.74) is 6.76. The maximum absolute atomic E-state index is 14.1. The second-order valence-electron chi connectivity index (χ2n) is 14.9. The van der Waals surface area contributed by atoms with Crippen molar-refractivity contribution < 1.29 is 24.0 Å². The second kappa shape index (κ2) is 20.6. The number of hydrogen-bond acceptors (Lipinski definition) is 7. The van der Waals surface area contributed by atoms with E-state index in [2.05, 4.69) is 49.2 Å². The average Bonchev–Trinajstić information content (AvgIpc) is 3.86. The molecule has 1 aliphatic carbocycles. The molecule has 1 saturated heterocycles. The maximum atomic E-state index is 14.1. The second-order valence-corrected chi connectivity index (χ2v) is 15.4. The number of nitrogens with zero attached hydrogens (tertiary/aromatic N) is 1. The van der Waals surface area contributed by atoms with E-state index in [1.165, 1.54) is 0 Å². The zero-order valence-electron chi connectivity index (χ0n) is 31.2. The molecule has 0 aromatic heterocycles. The lowest BCUT2D eigenvalue weighted by Crippen LogP contribution is -2.60. The summed E-state index contributed by atoms with van der Waals surface area (Å²) in [7, 11) is 0. The van der Waals surface area contributed by atoms with Gasteiger partial charge in [0.2, 0.25) is 23.6 Å². The van der Waals surface area contributed by atoms with Gasteiger partial charge in [-0.05, 0) is 74.0 Å². The van der Waals surface area contributed by atoms with Gasteiger partial charge in [0.25, 0.3) is 0 Å². The maximum Gasteiger partial charge on any atom is 0.323 e. The molecule has 2 aliphatic rings. The van der Waals surface area contributed by atoms with Crippen LogP contribution in [0, 0.1) is 11.8 Å². The van der Waals surface area contributed by atoms with Crippen molar-refractivity contribution in [2.24, 2.45) is 17.6 Å². The zero-order chi connectivity index (χ0) is 38.4. The fourth-order valence-corrected chi connectivity index (χ4v) is 7.28. The van der Waals surface area contributed by atoms with Crippen LogP contribution in [0.25, 0.3) is 0 Å². The third-order valence-corrected chi connectivity index (χ3v) is 10.7. The minimum absolute atomic E-state index is 0.0270. The third-order valence-electron chi connectivity index (χ3n) is 10.2. The molecule has 4 rings (SSSR count). The van der Waals surface area contributed by atoms with Gasteiger partial charge in [0.1, 0.15) is 17.6 Å². The fourth-order valence-electron chi connectivity index (χ4n) is 7.12. The summed E-state index contributed by atoms with van der Waals surface area (Å²) < 4.78 is 2.54. The Morgan fingerprint density at radius 3 is 2.19 bits per heavy atom. The number of piperidine rings is 1. The first-order valence-corrected chi connectivity index (χ1v) is 19.9. The molecule has 1 saturated carbocycles. The van der Waals surface area contributed by atoms with Crippen molar-refractivity contribution >= 4 is 52.5 Å². The van der Waals surface area contributed by atoms with Crippen molar-refractivity contribution in [3.8, 4) is 0 Å². The Morgan fingerprint density at radius 2 is 1.57 bits per heavy atom. The number of benzene rings is 2. The number of rotatable bonds is 19. The minimum Gasteiger partial charge on any atom is -0.343 e. The number of nitrogens with one attached hydrogen (secondary N) is 6. The van der Waals surface area contributed by atoms with E-state index in [0.717, 1.165) is 17.5 Å². The predicted molar refractivity (Wildman–Crippen MR) is 214 cm³/mol. The normalized spacial score (nSPS) is 20.1. The van der Waals surface area contributed by atoms with E-state index >= 15 is 0 Å². The standard InChI is InChI=1S/C39H57IN8O5/c1-26(2)21-32(36(51)46-39(23-30(39)15-10-18-41)37(52)48-19-16-31(17-20-48)43-38(53)47-40)45-35(50)33(22-28-11-6-4-7-12-28)44-34(49)25-42-24-27(3)29-13-8-5-9-14-29/h4-9,11-14,26-27,30-33,42H,10,15-25,41H2,1-3H3,(H,44,49)(H,45,50)(H,46,51)(H2,43,47,53)/t27-,30-,32+,33+,39?/m0/s1. The highest BCUT2D eigenvalue weighted by molar-refractivity contribution is 14.1. The quantitative estimate of drug-likeness (QED) is 0.0838. The van der Waals surface area contributed by atoms with Crippen LogP contribution in [-0.4, -0.2) is 90.9 Å². The predicted octanol–water partition coefficient (Wildman–Crippen LogP) is 2.89. The van der Waals surface area contributed by atoms with Gasteiger partial charge in [-0.3, -0.25) is 22.7 Å². The van der Waals surface area contributed by atoms with Gasteiger partial charge < -0.3 is 37.2 Å². The molecule has 290 valence electrons. The van der Waals surface area contributed by atoms with Crippen molar-refractivity contribution in [1.29, 1.82) is 0 Å². The third kappa shape index (κ3) is 12.7. The molecule has 2 aromatic carbocycles. The van der Waals surface area contributed by atoms with Crippen molar-refractivity contribution in [2.45, 2.75) is 95.3 Å². The van der Waals surface area contributed by atoms with Crippen LogP contribution < -0.4 is 35.8 Å². The largest absolute Gasteiger partial charge is 0.343 e. The molecule has 53 heavy (non-hydrogen) atoms. The highest BCUT2D eigenvalue weighted by Gasteiger charge is 2.62. The highest BCUT2D eigenvalue weighted by atomic mass is 127. The zero-order valence-corrected chi connectivity index (χ0v) is 33.3. The summed E-state index contributed by atoms with van der Waals surface area (Å²) in [4.78, 5) is 69.0. The highest BCUT2D eigenvalue weighted by Crippen LogP contribution is 2.48. The van der Waals surface area contributed by atoms with Crippen LogP contribution >= 0.6 is 22.9 Å². The van der Waals surface area contributed by atoms with Gasteiger partial charge in [-0.15, -0.1) is 0 Å². The number of halogens is 1. The van der Waals surface area contributed by atoms with Crippen LogP contribution in [0.1, 0.15) is 76.3 Å². The molecular formula is C39H57IN8O5. The molecule has 5 atom stereocenters. The Balaban J connectivity index is 1.44. The van der Waals surface area contributed by atoms with Crippen LogP contribution in [0.15, 0.2) is 60.7 Å². The monoisotopic (exact) mass is 844 g/mol. The summed E-state index contributed by atoms with van der Waals surface area (Å²) in [6, 6.07) is 17.3. The van der Waals surface area contributed by atoms with Gasteiger partial charge >= 0.3 is 6.03 Å². The van der Waals surface area contributed by atoms with Crippen molar-refractivity contribution in [1.82, 2.24) is 35.0 Å². The van der Waals surface area contributed by atoms with Crippen molar-refractivity contribution in [3.63, 3.8) is 0 Å². The summed E-state index contributed by atoms with van der Waals surface area (Å²) in [6.07, 6.45) is 3.71. The molecule has 14 heteroatoms.